The zero-order chi connectivity index (χ0) is 14.5. The van der Waals surface area contributed by atoms with E-state index in [0.717, 1.165) is 12.1 Å². The number of benzene rings is 2. The Balaban J connectivity index is 2.05. The second-order valence-corrected chi connectivity index (χ2v) is 3.89. The van der Waals surface area contributed by atoms with Crippen LogP contribution in [0.4, 0.5) is 8.78 Å². The van der Waals surface area contributed by atoms with E-state index in [1.54, 1.807) is 12.1 Å². The first-order valence-electron chi connectivity index (χ1n) is 5.64. The number of hydrogen-bond donors (Lipinski definition) is 2. The quantitative estimate of drug-likeness (QED) is 0.668. The number of halogens is 2. The molecule has 0 radical (unpaired) electrons. The summed E-state index contributed by atoms with van der Waals surface area (Å²) in [6.45, 7) is 0. The van der Waals surface area contributed by atoms with Crippen LogP contribution in [-0.4, -0.2) is 17.2 Å². The number of hydrogen-bond acceptors (Lipinski definition) is 3. The molecule has 2 N–H and O–H groups in total. The van der Waals surface area contributed by atoms with Gasteiger partial charge in [0, 0.05) is 0 Å². The van der Waals surface area contributed by atoms with Gasteiger partial charge in [-0.2, -0.15) is 5.10 Å². The molecule has 0 saturated heterocycles. The highest BCUT2D eigenvalue weighted by Gasteiger charge is 2.08. The van der Waals surface area contributed by atoms with Gasteiger partial charge in [0.25, 0.3) is 5.91 Å². The number of aromatic hydroxyl groups is 1. The van der Waals surface area contributed by atoms with Gasteiger partial charge in [-0.15, -0.1) is 0 Å². The summed E-state index contributed by atoms with van der Waals surface area (Å²) in [5.41, 5.74) is 2.53. The standard InChI is InChI=1S/C14H10F2N2O2/c15-11-6-5-9(7-12(11)16)8-17-18-14(20)10-3-1-2-4-13(10)19/h1-8,19H,(H,18,20)/b17-8+. The Bertz CT molecular complexity index is 672. The van der Waals surface area contributed by atoms with E-state index in [9.17, 15) is 18.7 Å². The Morgan fingerprint density at radius 1 is 1.15 bits per heavy atom. The zero-order valence-corrected chi connectivity index (χ0v) is 10.2. The molecule has 0 aliphatic heterocycles. The molecular weight excluding hydrogens is 266 g/mol. The molecular formula is C14H10F2N2O2. The third kappa shape index (κ3) is 3.17. The smallest absolute Gasteiger partial charge is 0.275 e. The number of hydrazone groups is 1. The first kappa shape index (κ1) is 13.7. The van der Waals surface area contributed by atoms with Crippen molar-refractivity contribution in [3.05, 3.63) is 65.2 Å². The van der Waals surface area contributed by atoms with Gasteiger partial charge in [0.05, 0.1) is 11.8 Å². The highest BCUT2D eigenvalue weighted by Crippen LogP contribution is 2.14. The highest BCUT2D eigenvalue weighted by atomic mass is 19.2. The first-order valence-corrected chi connectivity index (χ1v) is 5.64. The van der Waals surface area contributed by atoms with E-state index in [0.29, 0.717) is 5.56 Å². The van der Waals surface area contributed by atoms with Crippen molar-refractivity contribution in [2.75, 3.05) is 0 Å². The van der Waals surface area contributed by atoms with E-state index in [1.807, 2.05) is 0 Å². The summed E-state index contributed by atoms with van der Waals surface area (Å²) < 4.78 is 25.6. The van der Waals surface area contributed by atoms with Crippen LogP contribution < -0.4 is 5.43 Å². The molecule has 0 saturated carbocycles. The lowest BCUT2D eigenvalue weighted by molar-refractivity contribution is 0.0952. The van der Waals surface area contributed by atoms with Crippen LogP contribution in [0.25, 0.3) is 0 Å². The SMILES string of the molecule is O=C(N/N=C/c1ccc(F)c(F)c1)c1ccccc1O. The van der Waals surface area contributed by atoms with Gasteiger partial charge in [-0.05, 0) is 29.8 Å². The molecule has 1 amide bonds. The van der Waals surface area contributed by atoms with Crippen molar-refractivity contribution in [1.82, 2.24) is 5.43 Å². The molecule has 0 atom stereocenters. The van der Waals surface area contributed by atoms with Crippen LogP contribution in [0, 0.1) is 11.6 Å². The summed E-state index contributed by atoms with van der Waals surface area (Å²) >= 11 is 0. The van der Waals surface area contributed by atoms with Crippen molar-refractivity contribution >= 4 is 12.1 Å². The molecule has 102 valence electrons. The lowest BCUT2D eigenvalue weighted by Crippen LogP contribution is -2.17. The maximum Gasteiger partial charge on any atom is 0.275 e. The fraction of sp³-hybridized carbons (Fsp3) is 0. The van der Waals surface area contributed by atoms with Gasteiger partial charge in [0.2, 0.25) is 0 Å². The topological polar surface area (TPSA) is 61.7 Å². The number of amides is 1. The second-order valence-electron chi connectivity index (χ2n) is 3.89. The van der Waals surface area contributed by atoms with E-state index >= 15 is 0 Å². The van der Waals surface area contributed by atoms with Crippen molar-refractivity contribution in [3.63, 3.8) is 0 Å². The predicted molar refractivity (Wildman–Crippen MR) is 69.5 cm³/mol. The van der Waals surface area contributed by atoms with E-state index in [1.165, 1.54) is 24.4 Å². The number of phenolic OH excluding ortho intramolecular Hbond substituents is 1. The van der Waals surface area contributed by atoms with Crippen molar-refractivity contribution < 1.29 is 18.7 Å². The largest absolute Gasteiger partial charge is 0.507 e. The van der Waals surface area contributed by atoms with Crippen molar-refractivity contribution in [3.8, 4) is 5.75 Å². The molecule has 0 aromatic heterocycles. The average molecular weight is 276 g/mol. The predicted octanol–water partition coefficient (Wildman–Crippen LogP) is 2.43. The van der Waals surface area contributed by atoms with Gasteiger partial charge in [-0.3, -0.25) is 4.79 Å². The number of carbonyl (C=O) groups is 1. The Morgan fingerprint density at radius 2 is 1.90 bits per heavy atom. The summed E-state index contributed by atoms with van der Waals surface area (Å²) in [7, 11) is 0. The van der Waals surface area contributed by atoms with Crippen LogP contribution in [0.5, 0.6) is 5.75 Å². The van der Waals surface area contributed by atoms with Crippen LogP contribution >= 0.6 is 0 Å². The molecule has 0 unspecified atom stereocenters. The van der Waals surface area contributed by atoms with Gasteiger partial charge < -0.3 is 5.11 Å². The minimum absolute atomic E-state index is 0.0648. The minimum atomic E-state index is -0.999. The van der Waals surface area contributed by atoms with Crippen LogP contribution in [0.1, 0.15) is 15.9 Å². The molecule has 4 nitrogen and oxygen atoms in total. The Labute approximate surface area is 113 Å². The normalized spacial score (nSPS) is 10.7. The summed E-state index contributed by atoms with van der Waals surface area (Å²) in [6, 6.07) is 9.19. The van der Waals surface area contributed by atoms with Crippen LogP contribution in [0.15, 0.2) is 47.6 Å². The summed E-state index contributed by atoms with van der Waals surface area (Å²) in [4.78, 5) is 11.7. The molecule has 0 aliphatic carbocycles. The third-order valence-electron chi connectivity index (χ3n) is 2.47. The average Bonchev–Trinajstić information content (AvgIpc) is 2.43. The molecule has 2 aromatic rings. The fourth-order valence-electron chi connectivity index (χ4n) is 1.48. The van der Waals surface area contributed by atoms with E-state index < -0.39 is 17.5 Å². The maximum absolute atomic E-state index is 12.9. The molecule has 2 aromatic carbocycles. The molecule has 20 heavy (non-hydrogen) atoms. The Kier molecular flexibility index (Phi) is 4.05. The molecule has 0 heterocycles. The first-order chi connectivity index (χ1) is 9.58. The molecule has 6 heteroatoms. The van der Waals surface area contributed by atoms with Crippen LogP contribution in [0.2, 0.25) is 0 Å². The van der Waals surface area contributed by atoms with Gasteiger partial charge >= 0.3 is 0 Å². The van der Waals surface area contributed by atoms with Gasteiger partial charge in [-0.1, -0.05) is 18.2 Å². The zero-order valence-electron chi connectivity index (χ0n) is 10.2. The van der Waals surface area contributed by atoms with Gasteiger partial charge in [0.15, 0.2) is 11.6 Å². The highest BCUT2D eigenvalue weighted by molar-refractivity contribution is 5.97. The molecule has 0 bridgehead atoms. The summed E-state index contributed by atoms with van der Waals surface area (Å²) in [5, 5.41) is 13.1. The number of phenols is 1. The monoisotopic (exact) mass is 276 g/mol. The van der Waals surface area contributed by atoms with E-state index in [2.05, 4.69) is 10.5 Å². The fourth-order valence-corrected chi connectivity index (χ4v) is 1.48. The van der Waals surface area contributed by atoms with Crippen molar-refractivity contribution in [2.24, 2.45) is 5.10 Å². The van der Waals surface area contributed by atoms with E-state index in [-0.39, 0.29) is 11.3 Å². The maximum atomic E-state index is 12.9. The number of nitrogens with one attached hydrogen (secondary N) is 1. The lowest BCUT2D eigenvalue weighted by Gasteiger charge is -2.01. The van der Waals surface area contributed by atoms with Crippen LogP contribution in [-0.2, 0) is 0 Å². The second kappa shape index (κ2) is 5.92. The number of carbonyl (C=O) groups excluding carboxylic acids is 1. The van der Waals surface area contributed by atoms with E-state index in [4.69, 9.17) is 0 Å². The summed E-state index contributed by atoms with van der Waals surface area (Å²) in [6.07, 6.45) is 1.17. The van der Waals surface area contributed by atoms with Crippen molar-refractivity contribution in [2.45, 2.75) is 0 Å². The Morgan fingerprint density at radius 3 is 2.60 bits per heavy atom. The molecule has 0 spiro atoms. The number of para-hydroxylation sites is 1. The Hall–Kier alpha value is -2.76. The summed E-state index contributed by atoms with van der Waals surface area (Å²) in [5.74, 6) is -2.74. The lowest BCUT2D eigenvalue weighted by atomic mass is 10.2. The van der Waals surface area contributed by atoms with Crippen LogP contribution in [0.3, 0.4) is 0 Å². The van der Waals surface area contributed by atoms with Crippen molar-refractivity contribution in [1.29, 1.82) is 0 Å². The number of rotatable bonds is 3. The molecule has 2 rings (SSSR count). The molecule has 0 aliphatic rings. The van der Waals surface area contributed by atoms with Gasteiger partial charge in [0.1, 0.15) is 5.75 Å². The minimum Gasteiger partial charge on any atom is -0.507 e. The van der Waals surface area contributed by atoms with Gasteiger partial charge in [-0.25, -0.2) is 14.2 Å². The third-order valence-corrected chi connectivity index (χ3v) is 2.47. The number of nitrogens with zero attached hydrogens (tertiary/aromatic N) is 1. The molecule has 0 fully saturated rings.